The first-order valence-corrected chi connectivity index (χ1v) is 10.6. The summed E-state index contributed by atoms with van der Waals surface area (Å²) in [5.41, 5.74) is 3.80. The summed E-state index contributed by atoms with van der Waals surface area (Å²) in [7, 11) is 1.61. The number of anilines is 1. The number of benzene rings is 2. The van der Waals surface area contributed by atoms with Crippen LogP contribution in [0.1, 0.15) is 47.2 Å². The molecular weight excluding hydrogens is 378 g/mol. The number of hydrogen-bond acceptors (Lipinski definition) is 3. The third-order valence-corrected chi connectivity index (χ3v) is 5.53. The van der Waals surface area contributed by atoms with Crippen LogP contribution in [0.4, 0.5) is 10.5 Å². The molecule has 2 aromatic rings. The average Bonchev–Trinajstić information content (AvgIpc) is 2.80. The standard InChI is InChI=1S/C24H31N3O3/c1-3-18-9-11-22(12-10-18)26-24(29)27-14-5-8-21(17-27)19-6-4-7-20(16-19)23(28)25-13-15-30-2/h4,6-7,9-12,16,21H,3,5,8,13-15,17H2,1-2H3,(H,25,28)(H,26,29). The number of carbonyl (C=O) groups is 2. The van der Waals surface area contributed by atoms with Gasteiger partial charge in [0.1, 0.15) is 0 Å². The van der Waals surface area contributed by atoms with Gasteiger partial charge in [0.15, 0.2) is 0 Å². The van der Waals surface area contributed by atoms with Gasteiger partial charge in [-0.1, -0.05) is 31.2 Å². The van der Waals surface area contributed by atoms with Crippen molar-refractivity contribution in [1.82, 2.24) is 10.2 Å². The van der Waals surface area contributed by atoms with E-state index in [9.17, 15) is 9.59 Å². The molecule has 1 unspecified atom stereocenters. The van der Waals surface area contributed by atoms with Crippen LogP contribution in [0, 0.1) is 0 Å². The number of hydrogen-bond donors (Lipinski definition) is 2. The second kappa shape index (κ2) is 10.8. The van der Waals surface area contributed by atoms with Crippen molar-refractivity contribution in [3.05, 3.63) is 65.2 Å². The molecule has 160 valence electrons. The van der Waals surface area contributed by atoms with Crippen molar-refractivity contribution in [2.75, 3.05) is 38.7 Å². The normalized spacial score (nSPS) is 16.2. The molecule has 3 rings (SSSR count). The van der Waals surface area contributed by atoms with Gasteiger partial charge in [-0.15, -0.1) is 0 Å². The average molecular weight is 410 g/mol. The first-order chi connectivity index (χ1) is 14.6. The van der Waals surface area contributed by atoms with E-state index in [1.165, 1.54) is 5.56 Å². The molecule has 1 saturated heterocycles. The second-order valence-electron chi connectivity index (χ2n) is 7.64. The number of nitrogens with one attached hydrogen (secondary N) is 2. The maximum atomic E-state index is 12.8. The highest BCUT2D eigenvalue weighted by molar-refractivity contribution is 5.94. The SMILES string of the molecule is CCc1ccc(NC(=O)N2CCCC(c3cccc(C(=O)NCCOC)c3)C2)cc1. The van der Waals surface area contributed by atoms with Gasteiger partial charge >= 0.3 is 6.03 Å². The van der Waals surface area contributed by atoms with E-state index in [-0.39, 0.29) is 17.9 Å². The van der Waals surface area contributed by atoms with Gasteiger partial charge in [-0.3, -0.25) is 4.79 Å². The molecule has 1 fully saturated rings. The van der Waals surface area contributed by atoms with Gasteiger partial charge < -0.3 is 20.3 Å². The van der Waals surface area contributed by atoms with Crippen LogP contribution in [-0.2, 0) is 11.2 Å². The Labute approximate surface area is 178 Å². The highest BCUT2D eigenvalue weighted by atomic mass is 16.5. The largest absolute Gasteiger partial charge is 0.383 e. The van der Waals surface area contributed by atoms with Crippen molar-refractivity contribution < 1.29 is 14.3 Å². The van der Waals surface area contributed by atoms with Crippen molar-refractivity contribution in [2.24, 2.45) is 0 Å². The molecule has 0 spiro atoms. The number of likely N-dealkylation sites (tertiary alicyclic amines) is 1. The van der Waals surface area contributed by atoms with Crippen LogP contribution in [0.25, 0.3) is 0 Å². The summed E-state index contributed by atoms with van der Waals surface area (Å²) in [4.78, 5) is 27.0. The molecule has 1 heterocycles. The summed E-state index contributed by atoms with van der Waals surface area (Å²) in [6.45, 7) is 4.47. The van der Waals surface area contributed by atoms with Crippen molar-refractivity contribution in [3.63, 3.8) is 0 Å². The summed E-state index contributed by atoms with van der Waals surface area (Å²) in [5, 5.41) is 5.86. The molecule has 1 atom stereocenters. The van der Waals surface area contributed by atoms with Crippen LogP contribution in [-0.4, -0.2) is 50.2 Å². The molecule has 6 nitrogen and oxygen atoms in total. The molecule has 0 radical (unpaired) electrons. The minimum Gasteiger partial charge on any atom is -0.383 e. The fourth-order valence-corrected chi connectivity index (χ4v) is 3.76. The molecular formula is C24H31N3O3. The van der Waals surface area contributed by atoms with Crippen molar-refractivity contribution in [2.45, 2.75) is 32.1 Å². The van der Waals surface area contributed by atoms with Crippen LogP contribution >= 0.6 is 0 Å². The summed E-state index contributed by atoms with van der Waals surface area (Å²) < 4.78 is 4.98. The number of rotatable bonds is 7. The van der Waals surface area contributed by atoms with Crippen LogP contribution in [0.2, 0.25) is 0 Å². The van der Waals surface area contributed by atoms with Gasteiger partial charge in [0.05, 0.1) is 6.61 Å². The van der Waals surface area contributed by atoms with Gasteiger partial charge in [-0.2, -0.15) is 0 Å². The smallest absolute Gasteiger partial charge is 0.321 e. The molecule has 3 amide bonds. The predicted molar refractivity (Wildman–Crippen MR) is 119 cm³/mol. The highest BCUT2D eigenvalue weighted by Crippen LogP contribution is 2.28. The van der Waals surface area contributed by atoms with Crippen LogP contribution in [0.5, 0.6) is 0 Å². The number of aryl methyl sites for hydroxylation is 1. The van der Waals surface area contributed by atoms with E-state index in [0.29, 0.717) is 25.3 Å². The molecule has 6 heteroatoms. The Hall–Kier alpha value is -2.86. The third-order valence-electron chi connectivity index (χ3n) is 5.53. The molecule has 0 aromatic heterocycles. The lowest BCUT2D eigenvalue weighted by atomic mass is 9.89. The minimum atomic E-state index is -0.102. The first kappa shape index (κ1) is 21.8. The number of carbonyl (C=O) groups excluding carboxylic acids is 2. The number of urea groups is 1. The predicted octanol–water partition coefficient (Wildman–Crippen LogP) is 4.04. The van der Waals surface area contributed by atoms with Crippen molar-refractivity contribution in [1.29, 1.82) is 0 Å². The summed E-state index contributed by atoms with van der Waals surface area (Å²) in [6, 6.07) is 15.6. The lowest BCUT2D eigenvalue weighted by Gasteiger charge is -2.33. The maximum absolute atomic E-state index is 12.8. The van der Waals surface area contributed by atoms with E-state index < -0.39 is 0 Å². The Morgan fingerprint density at radius 1 is 1.17 bits per heavy atom. The lowest BCUT2D eigenvalue weighted by molar-refractivity contribution is 0.0937. The van der Waals surface area contributed by atoms with E-state index in [1.807, 2.05) is 53.4 Å². The monoisotopic (exact) mass is 409 g/mol. The van der Waals surface area contributed by atoms with E-state index >= 15 is 0 Å². The topological polar surface area (TPSA) is 70.7 Å². The Morgan fingerprint density at radius 3 is 2.70 bits per heavy atom. The molecule has 30 heavy (non-hydrogen) atoms. The van der Waals surface area contributed by atoms with Crippen molar-refractivity contribution >= 4 is 17.6 Å². The van der Waals surface area contributed by atoms with Crippen LogP contribution in [0.15, 0.2) is 48.5 Å². The van der Waals surface area contributed by atoms with E-state index in [2.05, 4.69) is 17.6 Å². The van der Waals surface area contributed by atoms with Gasteiger partial charge in [0.25, 0.3) is 5.91 Å². The van der Waals surface area contributed by atoms with E-state index in [4.69, 9.17) is 4.74 Å². The molecule has 0 saturated carbocycles. The zero-order valence-electron chi connectivity index (χ0n) is 17.8. The summed E-state index contributed by atoms with van der Waals surface area (Å²) >= 11 is 0. The Bertz CT molecular complexity index is 851. The number of nitrogens with zero attached hydrogens (tertiary/aromatic N) is 1. The maximum Gasteiger partial charge on any atom is 0.321 e. The molecule has 0 aliphatic carbocycles. The van der Waals surface area contributed by atoms with Crippen LogP contribution < -0.4 is 10.6 Å². The second-order valence-corrected chi connectivity index (χ2v) is 7.64. The number of amides is 3. The Balaban J connectivity index is 1.61. The number of methoxy groups -OCH3 is 1. The molecule has 2 N–H and O–H groups in total. The van der Waals surface area contributed by atoms with Gasteiger partial charge in [0, 0.05) is 43.9 Å². The molecule has 1 aliphatic heterocycles. The molecule has 0 bridgehead atoms. The van der Waals surface area contributed by atoms with Crippen LogP contribution in [0.3, 0.4) is 0 Å². The van der Waals surface area contributed by atoms with E-state index in [0.717, 1.165) is 37.1 Å². The molecule has 1 aliphatic rings. The number of piperidine rings is 1. The number of ether oxygens (including phenoxy) is 1. The van der Waals surface area contributed by atoms with Gasteiger partial charge in [0.2, 0.25) is 0 Å². The Kier molecular flexibility index (Phi) is 7.85. The van der Waals surface area contributed by atoms with Gasteiger partial charge in [-0.05, 0) is 54.7 Å². The quantitative estimate of drug-likeness (QED) is 0.678. The molecule has 2 aromatic carbocycles. The fourth-order valence-electron chi connectivity index (χ4n) is 3.76. The lowest BCUT2D eigenvalue weighted by Crippen LogP contribution is -2.41. The van der Waals surface area contributed by atoms with E-state index in [1.54, 1.807) is 7.11 Å². The zero-order valence-corrected chi connectivity index (χ0v) is 17.8. The highest BCUT2D eigenvalue weighted by Gasteiger charge is 2.25. The zero-order chi connectivity index (χ0) is 21.3. The van der Waals surface area contributed by atoms with Gasteiger partial charge in [-0.25, -0.2) is 4.79 Å². The minimum absolute atomic E-state index is 0.0718. The Morgan fingerprint density at radius 2 is 1.97 bits per heavy atom. The summed E-state index contributed by atoms with van der Waals surface area (Å²) in [6.07, 6.45) is 2.92. The first-order valence-electron chi connectivity index (χ1n) is 10.6. The fraction of sp³-hybridized carbons (Fsp3) is 0.417. The van der Waals surface area contributed by atoms with Crippen molar-refractivity contribution in [3.8, 4) is 0 Å². The summed E-state index contributed by atoms with van der Waals surface area (Å²) in [5.74, 6) is 0.119. The third kappa shape index (κ3) is 5.83.